The molecule has 6 rings (SSSR count). The number of likely N-dealkylation sites (N-methyl/N-ethyl adjacent to an activating group) is 1. The first-order chi connectivity index (χ1) is 19.2. The van der Waals surface area contributed by atoms with E-state index in [2.05, 4.69) is 63.9 Å². The Hall–Kier alpha value is -4.42. The summed E-state index contributed by atoms with van der Waals surface area (Å²) in [6.45, 7) is 5.30. The molecule has 1 aromatic heterocycles. The van der Waals surface area contributed by atoms with Gasteiger partial charge in [-0.05, 0) is 54.6 Å². The van der Waals surface area contributed by atoms with Gasteiger partial charge in [-0.15, -0.1) is 0 Å². The summed E-state index contributed by atoms with van der Waals surface area (Å²) in [7, 11) is 2.18. The molecule has 0 aliphatic carbocycles. The van der Waals surface area contributed by atoms with Gasteiger partial charge in [0.15, 0.2) is 0 Å². The van der Waals surface area contributed by atoms with E-state index < -0.39 is 0 Å². The minimum Gasteiger partial charge on any atom is -0.489 e. The van der Waals surface area contributed by atoms with Gasteiger partial charge in [0.2, 0.25) is 0 Å². The average molecular weight is 517 g/mol. The van der Waals surface area contributed by atoms with Crippen molar-refractivity contribution in [2.24, 2.45) is 0 Å². The average Bonchev–Trinajstić information content (AvgIpc) is 3.35. The molecule has 0 unspecified atom stereocenters. The second kappa shape index (κ2) is 11.1. The van der Waals surface area contributed by atoms with Gasteiger partial charge in [0, 0.05) is 43.0 Å². The summed E-state index contributed by atoms with van der Waals surface area (Å²) in [5.41, 5.74) is 7.04. The maximum atomic E-state index is 11.5. The molecule has 0 saturated carbocycles. The van der Waals surface area contributed by atoms with Crippen LogP contribution in [0, 0.1) is 0 Å². The zero-order valence-corrected chi connectivity index (χ0v) is 22.2. The molecular formula is C33H32N4O2. The highest BCUT2D eigenvalue weighted by Crippen LogP contribution is 2.31. The zero-order valence-electron chi connectivity index (χ0n) is 22.2. The minimum absolute atomic E-state index is 0.502. The van der Waals surface area contributed by atoms with Crippen molar-refractivity contribution in [1.82, 2.24) is 14.5 Å². The number of carbonyl (C=O) groups excluding carboxylic acids is 1. The van der Waals surface area contributed by atoms with Crippen LogP contribution in [-0.2, 0) is 13.2 Å². The summed E-state index contributed by atoms with van der Waals surface area (Å²) in [4.78, 5) is 21.4. The molecule has 4 aromatic carbocycles. The van der Waals surface area contributed by atoms with Crippen molar-refractivity contribution in [1.29, 1.82) is 0 Å². The van der Waals surface area contributed by atoms with Crippen molar-refractivity contribution in [2.75, 3.05) is 38.1 Å². The quantitative estimate of drug-likeness (QED) is 0.241. The summed E-state index contributed by atoms with van der Waals surface area (Å²) in [6, 6.07) is 32.7. The second-order valence-electron chi connectivity index (χ2n) is 10.1. The fourth-order valence-electron chi connectivity index (χ4n) is 5.24. The molecule has 0 N–H and O–H groups in total. The Kier molecular flexibility index (Phi) is 7.11. The molecule has 5 aromatic rings. The maximum Gasteiger partial charge on any atom is 0.150 e. The number of piperazine rings is 1. The molecule has 6 heteroatoms. The number of para-hydroxylation sites is 1. The van der Waals surface area contributed by atoms with Gasteiger partial charge in [0.25, 0.3) is 0 Å². The van der Waals surface area contributed by atoms with E-state index in [9.17, 15) is 4.79 Å². The Morgan fingerprint density at radius 1 is 0.846 bits per heavy atom. The van der Waals surface area contributed by atoms with Gasteiger partial charge in [0.05, 0.1) is 17.6 Å². The van der Waals surface area contributed by atoms with Crippen molar-refractivity contribution in [3.8, 4) is 17.1 Å². The van der Waals surface area contributed by atoms with Crippen LogP contribution in [0.1, 0.15) is 21.5 Å². The number of fused-ring (bicyclic) bond motifs is 1. The molecule has 0 bridgehead atoms. The van der Waals surface area contributed by atoms with Crippen LogP contribution in [0.3, 0.4) is 0 Å². The van der Waals surface area contributed by atoms with Crippen molar-refractivity contribution < 1.29 is 9.53 Å². The molecule has 2 heterocycles. The van der Waals surface area contributed by atoms with E-state index in [1.807, 2.05) is 54.6 Å². The monoisotopic (exact) mass is 516 g/mol. The van der Waals surface area contributed by atoms with Gasteiger partial charge in [-0.25, -0.2) is 4.98 Å². The first-order valence-electron chi connectivity index (χ1n) is 13.4. The largest absolute Gasteiger partial charge is 0.489 e. The SMILES string of the molecule is CN1CCN(c2ccccc2Cn2c(-c3cccc(OCc4ccccc4)c3)nc3cc(C=O)ccc32)CC1. The van der Waals surface area contributed by atoms with Crippen molar-refractivity contribution in [3.05, 3.63) is 114 Å². The van der Waals surface area contributed by atoms with Crippen LogP contribution in [0.15, 0.2) is 97.1 Å². The number of imidazole rings is 1. The van der Waals surface area contributed by atoms with Gasteiger partial charge in [-0.3, -0.25) is 4.79 Å². The number of carbonyl (C=O) groups is 1. The third-order valence-corrected chi connectivity index (χ3v) is 7.41. The number of hydrogen-bond donors (Lipinski definition) is 0. The molecule has 196 valence electrons. The summed E-state index contributed by atoms with van der Waals surface area (Å²) < 4.78 is 8.40. The summed E-state index contributed by atoms with van der Waals surface area (Å²) in [5, 5.41) is 0. The van der Waals surface area contributed by atoms with E-state index in [1.54, 1.807) is 0 Å². The minimum atomic E-state index is 0.502. The van der Waals surface area contributed by atoms with E-state index in [4.69, 9.17) is 9.72 Å². The number of aldehydes is 1. The molecule has 0 radical (unpaired) electrons. The molecule has 39 heavy (non-hydrogen) atoms. The number of hydrogen-bond acceptors (Lipinski definition) is 5. The number of nitrogens with zero attached hydrogens (tertiary/aromatic N) is 4. The van der Waals surface area contributed by atoms with E-state index in [0.717, 1.165) is 66.2 Å². The number of benzene rings is 4. The third kappa shape index (κ3) is 5.42. The normalized spacial score (nSPS) is 14.0. The van der Waals surface area contributed by atoms with E-state index in [0.29, 0.717) is 18.7 Å². The Bertz CT molecular complexity index is 1590. The van der Waals surface area contributed by atoms with Crippen molar-refractivity contribution in [3.63, 3.8) is 0 Å². The van der Waals surface area contributed by atoms with Crippen LogP contribution < -0.4 is 9.64 Å². The molecule has 1 fully saturated rings. The van der Waals surface area contributed by atoms with Crippen LogP contribution in [-0.4, -0.2) is 54.0 Å². The standard InChI is InChI=1S/C33H32N4O2/c1-35-16-18-36(19-17-35)31-13-6-5-10-28(31)22-37-32-15-14-26(23-38)20-30(32)34-33(37)27-11-7-12-29(21-27)39-24-25-8-3-2-4-9-25/h2-15,20-21,23H,16-19,22,24H2,1H3. The molecule has 0 atom stereocenters. The van der Waals surface area contributed by atoms with Gasteiger partial charge in [0.1, 0.15) is 24.5 Å². The first-order valence-corrected chi connectivity index (χ1v) is 13.4. The first kappa shape index (κ1) is 24.9. The summed E-state index contributed by atoms with van der Waals surface area (Å²) >= 11 is 0. The van der Waals surface area contributed by atoms with E-state index >= 15 is 0 Å². The molecular weight excluding hydrogens is 484 g/mol. The lowest BCUT2D eigenvalue weighted by atomic mass is 10.1. The predicted octanol–water partition coefficient (Wildman–Crippen LogP) is 5.89. The van der Waals surface area contributed by atoms with Crippen molar-refractivity contribution >= 4 is 23.0 Å². The van der Waals surface area contributed by atoms with Gasteiger partial charge >= 0.3 is 0 Å². The second-order valence-corrected chi connectivity index (χ2v) is 10.1. The van der Waals surface area contributed by atoms with Crippen LogP contribution in [0.4, 0.5) is 5.69 Å². The van der Waals surface area contributed by atoms with Crippen LogP contribution in [0.25, 0.3) is 22.4 Å². The molecule has 1 aliphatic heterocycles. The zero-order chi connectivity index (χ0) is 26.6. The lowest BCUT2D eigenvalue weighted by molar-refractivity contribution is 0.112. The third-order valence-electron chi connectivity index (χ3n) is 7.41. The molecule has 0 amide bonds. The fourth-order valence-corrected chi connectivity index (χ4v) is 5.24. The summed E-state index contributed by atoms with van der Waals surface area (Å²) in [6.07, 6.45) is 0.874. The molecule has 6 nitrogen and oxygen atoms in total. The lowest BCUT2D eigenvalue weighted by Crippen LogP contribution is -2.44. The molecule has 1 saturated heterocycles. The fraction of sp³-hybridized carbons (Fsp3) is 0.212. The highest BCUT2D eigenvalue weighted by molar-refractivity contribution is 5.87. The lowest BCUT2D eigenvalue weighted by Gasteiger charge is -2.35. The number of rotatable bonds is 8. The Balaban J connectivity index is 1.38. The maximum absolute atomic E-state index is 11.5. The van der Waals surface area contributed by atoms with Gasteiger partial charge in [-0.1, -0.05) is 60.7 Å². The number of anilines is 1. The Morgan fingerprint density at radius 2 is 1.64 bits per heavy atom. The van der Waals surface area contributed by atoms with Crippen LogP contribution >= 0.6 is 0 Å². The summed E-state index contributed by atoms with van der Waals surface area (Å²) in [5.74, 6) is 1.65. The smallest absolute Gasteiger partial charge is 0.150 e. The van der Waals surface area contributed by atoms with Crippen LogP contribution in [0.5, 0.6) is 5.75 Å². The van der Waals surface area contributed by atoms with Gasteiger partial charge < -0.3 is 19.1 Å². The highest BCUT2D eigenvalue weighted by Gasteiger charge is 2.19. The number of ether oxygens (including phenoxy) is 1. The Morgan fingerprint density at radius 3 is 2.46 bits per heavy atom. The highest BCUT2D eigenvalue weighted by atomic mass is 16.5. The predicted molar refractivity (Wildman–Crippen MR) is 157 cm³/mol. The Labute approximate surface area is 229 Å². The van der Waals surface area contributed by atoms with Crippen molar-refractivity contribution in [2.45, 2.75) is 13.2 Å². The van der Waals surface area contributed by atoms with Crippen LogP contribution in [0.2, 0.25) is 0 Å². The van der Waals surface area contributed by atoms with Gasteiger partial charge in [-0.2, -0.15) is 0 Å². The number of aromatic nitrogens is 2. The molecule has 1 aliphatic rings. The molecule has 0 spiro atoms. The van der Waals surface area contributed by atoms with E-state index in [1.165, 1.54) is 11.3 Å². The van der Waals surface area contributed by atoms with E-state index in [-0.39, 0.29) is 0 Å². The topological polar surface area (TPSA) is 50.6 Å².